The van der Waals surface area contributed by atoms with Crippen molar-refractivity contribution in [3.05, 3.63) is 23.8 Å². The molecule has 0 atom stereocenters. The van der Waals surface area contributed by atoms with E-state index in [1.807, 2.05) is 6.07 Å². The number of benzene rings is 1. The number of hydrogen-bond acceptors (Lipinski definition) is 3. The van der Waals surface area contributed by atoms with Crippen LogP contribution in [0.5, 0.6) is 5.75 Å². The maximum Gasteiger partial charge on any atom is 0.254 e. The van der Waals surface area contributed by atoms with Gasteiger partial charge in [-0.3, -0.25) is 4.79 Å². The van der Waals surface area contributed by atoms with Gasteiger partial charge in [0.1, 0.15) is 5.75 Å². The molecule has 0 saturated carbocycles. The first-order valence-electron chi connectivity index (χ1n) is 4.30. The molecule has 14 heavy (non-hydrogen) atoms. The summed E-state index contributed by atoms with van der Waals surface area (Å²) in [6.07, 6.45) is 0. The molecular weight excluding hydrogens is 180 g/mol. The van der Waals surface area contributed by atoms with Crippen LogP contribution in [0.2, 0.25) is 0 Å². The van der Waals surface area contributed by atoms with E-state index in [0.717, 1.165) is 5.69 Å². The second kappa shape index (κ2) is 4.50. The van der Waals surface area contributed by atoms with Crippen LogP contribution < -0.4 is 15.4 Å². The van der Waals surface area contributed by atoms with Gasteiger partial charge in [0.25, 0.3) is 5.91 Å². The number of methoxy groups -OCH3 is 1. The Morgan fingerprint density at radius 1 is 1.36 bits per heavy atom. The summed E-state index contributed by atoms with van der Waals surface area (Å²) in [4.78, 5) is 11.4. The Hall–Kier alpha value is -1.71. The van der Waals surface area contributed by atoms with E-state index in [2.05, 4.69) is 10.6 Å². The first-order chi connectivity index (χ1) is 6.72. The van der Waals surface area contributed by atoms with Crippen molar-refractivity contribution >= 4 is 11.6 Å². The number of nitrogens with one attached hydrogen (secondary N) is 2. The Morgan fingerprint density at radius 3 is 2.57 bits per heavy atom. The van der Waals surface area contributed by atoms with Gasteiger partial charge in [-0.05, 0) is 18.2 Å². The molecule has 2 N–H and O–H groups in total. The molecule has 76 valence electrons. The topological polar surface area (TPSA) is 50.4 Å². The van der Waals surface area contributed by atoms with Crippen molar-refractivity contribution < 1.29 is 9.53 Å². The number of hydrogen-bond donors (Lipinski definition) is 2. The molecule has 1 aromatic carbocycles. The van der Waals surface area contributed by atoms with Crippen LogP contribution in [0.15, 0.2) is 18.2 Å². The van der Waals surface area contributed by atoms with Crippen molar-refractivity contribution in [1.82, 2.24) is 5.32 Å². The van der Waals surface area contributed by atoms with E-state index in [-0.39, 0.29) is 5.91 Å². The molecule has 0 saturated heterocycles. The number of carbonyl (C=O) groups excluding carboxylic acids is 1. The SMILES string of the molecule is CNC(=O)c1cc(NC)ccc1OC. The van der Waals surface area contributed by atoms with E-state index >= 15 is 0 Å². The van der Waals surface area contributed by atoms with Crippen LogP contribution in [-0.2, 0) is 0 Å². The van der Waals surface area contributed by atoms with Crippen LogP contribution in [0, 0.1) is 0 Å². The predicted octanol–water partition coefficient (Wildman–Crippen LogP) is 1.10. The van der Waals surface area contributed by atoms with Crippen molar-refractivity contribution in [1.29, 1.82) is 0 Å². The largest absolute Gasteiger partial charge is 0.496 e. The molecule has 0 radical (unpaired) electrons. The Bertz CT molecular complexity index is 337. The van der Waals surface area contributed by atoms with Gasteiger partial charge in [0, 0.05) is 19.8 Å². The summed E-state index contributed by atoms with van der Waals surface area (Å²) >= 11 is 0. The van der Waals surface area contributed by atoms with Crippen molar-refractivity contribution in [2.24, 2.45) is 0 Å². The molecule has 0 aliphatic rings. The maximum absolute atomic E-state index is 11.4. The highest BCUT2D eigenvalue weighted by molar-refractivity contribution is 5.97. The second-order valence-corrected chi connectivity index (χ2v) is 2.74. The normalized spacial score (nSPS) is 9.36. The number of rotatable bonds is 3. The summed E-state index contributed by atoms with van der Waals surface area (Å²) in [5, 5.41) is 5.52. The van der Waals surface area contributed by atoms with Crippen LogP contribution in [0.3, 0.4) is 0 Å². The first kappa shape index (κ1) is 10.4. The molecule has 0 spiro atoms. The third-order valence-electron chi connectivity index (χ3n) is 1.96. The van der Waals surface area contributed by atoms with Gasteiger partial charge in [0.2, 0.25) is 0 Å². The number of amides is 1. The molecule has 4 nitrogen and oxygen atoms in total. The lowest BCUT2D eigenvalue weighted by Crippen LogP contribution is -2.18. The molecule has 4 heteroatoms. The standard InChI is InChI=1S/C10H14N2O2/c1-11-7-4-5-9(14-3)8(6-7)10(13)12-2/h4-6,11H,1-3H3,(H,12,13). The van der Waals surface area contributed by atoms with E-state index in [1.165, 1.54) is 0 Å². The van der Waals surface area contributed by atoms with Crippen LogP contribution in [-0.4, -0.2) is 27.1 Å². The molecule has 0 aliphatic heterocycles. The van der Waals surface area contributed by atoms with E-state index in [0.29, 0.717) is 11.3 Å². The Kier molecular flexibility index (Phi) is 3.34. The fourth-order valence-corrected chi connectivity index (χ4v) is 1.18. The summed E-state index contributed by atoms with van der Waals surface area (Å²) < 4.78 is 5.08. The molecule has 0 aliphatic carbocycles. The van der Waals surface area contributed by atoms with Crippen molar-refractivity contribution in [2.45, 2.75) is 0 Å². The smallest absolute Gasteiger partial charge is 0.254 e. The highest BCUT2D eigenvalue weighted by atomic mass is 16.5. The summed E-state index contributed by atoms with van der Waals surface area (Å²) in [5.74, 6) is 0.419. The Morgan fingerprint density at radius 2 is 2.07 bits per heavy atom. The maximum atomic E-state index is 11.4. The molecule has 1 rings (SSSR count). The van der Waals surface area contributed by atoms with Gasteiger partial charge < -0.3 is 15.4 Å². The summed E-state index contributed by atoms with van der Waals surface area (Å²) in [7, 11) is 4.93. The molecule has 0 heterocycles. The highest BCUT2D eigenvalue weighted by Crippen LogP contribution is 2.21. The van der Waals surface area contributed by atoms with Crippen molar-refractivity contribution in [2.75, 3.05) is 26.5 Å². The lowest BCUT2D eigenvalue weighted by atomic mass is 10.1. The van der Waals surface area contributed by atoms with Crippen LogP contribution >= 0.6 is 0 Å². The van der Waals surface area contributed by atoms with Gasteiger partial charge in [-0.25, -0.2) is 0 Å². The number of carbonyl (C=O) groups is 1. The van der Waals surface area contributed by atoms with E-state index < -0.39 is 0 Å². The third kappa shape index (κ3) is 1.96. The average molecular weight is 194 g/mol. The predicted molar refractivity (Wildman–Crippen MR) is 55.9 cm³/mol. The van der Waals surface area contributed by atoms with Gasteiger partial charge in [0.15, 0.2) is 0 Å². The van der Waals surface area contributed by atoms with Gasteiger partial charge in [0.05, 0.1) is 12.7 Å². The zero-order valence-corrected chi connectivity index (χ0v) is 8.55. The monoisotopic (exact) mass is 194 g/mol. The van der Waals surface area contributed by atoms with Crippen LogP contribution in [0.25, 0.3) is 0 Å². The lowest BCUT2D eigenvalue weighted by Gasteiger charge is -2.09. The highest BCUT2D eigenvalue weighted by Gasteiger charge is 2.10. The third-order valence-corrected chi connectivity index (χ3v) is 1.96. The van der Waals surface area contributed by atoms with Crippen LogP contribution in [0.4, 0.5) is 5.69 Å². The molecular formula is C10H14N2O2. The zero-order chi connectivity index (χ0) is 10.6. The van der Waals surface area contributed by atoms with Gasteiger partial charge in [-0.15, -0.1) is 0 Å². The molecule has 0 unspecified atom stereocenters. The molecule has 0 fully saturated rings. The van der Waals surface area contributed by atoms with Crippen molar-refractivity contribution in [3.8, 4) is 5.75 Å². The van der Waals surface area contributed by atoms with Gasteiger partial charge in [-0.2, -0.15) is 0 Å². The van der Waals surface area contributed by atoms with E-state index in [4.69, 9.17) is 4.74 Å². The minimum absolute atomic E-state index is 0.154. The molecule has 1 amide bonds. The van der Waals surface area contributed by atoms with Crippen LogP contribution in [0.1, 0.15) is 10.4 Å². The van der Waals surface area contributed by atoms with E-state index in [9.17, 15) is 4.79 Å². The minimum Gasteiger partial charge on any atom is -0.496 e. The average Bonchev–Trinajstić information content (AvgIpc) is 2.27. The fourth-order valence-electron chi connectivity index (χ4n) is 1.18. The summed E-state index contributed by atoms with van der Waals surface area (Å²) in [5.41, 5.74) is 1.41. The zero-order valence-electron chi connectivity index (χ0n) is 8.55. The van der Waals surface area contributed by atoms with Crippen molar-refractivity contribution in [3.63, 3.8) is 0 Å². The summed E-state index contributed by atoms with van der Waals surface area (Å²) in [6.45, 7) is 0. The lowest BCUT2D eigenvalue weighted by molar-refractivity contribution is 0.0960. The summed E-state index contributed by atoms with van der Waals surface area (Å²) in [6, 6.07) is 5.36. The second-order valence-electron chi connectivity index (χ2n) is 2.74. The Labute approximate surface area is 83.3 Å². The number of anilines is 1. The van der Waals surface area contributed by atoms with E-state index in [1.54, 1.807) is 33.3 Å². The fraction of sp³-hybridized carbons (Fsp3) is 0.300. The quantitative estimate of drug-likeness (QED) is 0.757. The number of ether oxygens (including phenoxy) is 1. The Balaban J connectivity index is 3.14. The minimum atomic E-state index is -0.154. The molecule has 1 aromatic rings. The molecule has 0 bridgehead atoms. The van der Waals surface area contributed by atoms with Gasteiger partial charge in [-0.1, -0.05) is 0 Å². The van der Waals surface area contributed by atoms with Gasteiger partial charge >= 0.3 is 0 Å². The molecule has 0 aromatic heterocycles. The first-order valence-corrected chi connectivity index (χ1v) is 4.30.